The topological polar surface area (TPSA) is 39.7 Å². The molecule has 4 nitrogen and oxygen atoms in total. The predicted octanol–water partition coefficient (Wildman–Crippen LogP) is 3.56. The van der Waals surface area contributed by atoms with Crippen molar-refractivity contribution in [3.63, 3.8) is 0 Å². The highest BCUT2D eigenvalue weighted by Gasteiger charge is 2.24. The zero-order valence-corrected chi connectivity index (χ0v) is 18.9. The van der Waals surface area contributed by atoms with Gasteiger partial charge in [-0.1, -0.05) is 0 Å². The Morgan fingerprint density at radius 2 is 1.87 bits per heavy atom. The third-order valence-corrected chi connectivity index (χ3v) is 5.59. The Morgan fingerprint density at radius 1 is 1.22 bits per heavy atom. The van der Waals surface area contributed by atoms with Crippen LogP contribution in [0.1, 0.15) is 53.4 Å². The molecule has 6 heteroatoms. The highest BCUT2D eigenvalue weighted by atomic mass is 127. The normalized spacial score (nSPS) is 21.9. The summed E-state index contributed by atoms with van der Waals surface area (Å²) in [4.78, 5) is 6.90. The molecule has 1 fully saturated rings. The molecule has 0 saturated heterocycles. The number of aliphatic imine (C=N–C) groups is 1. The number of rotatable bonds is 8. The molecule has 2 unspecified atom stereocenters. The summed E-state index contributed by atoms with van der Waals surface area (Å²) in [5, 5.41) is 7.86. The Kier molecular flexibility index (Phi) is 12.8. The molecule has 1 saturated carbocycles. The van der Waals surface area contributed by atoms with Crippen molar-refractivity contribution >= 4 is 41.7 Å². The van der Waals surface area contributed by atoms with Gasteiger partial charge in [0.2, 0.25) is 0 Å². The predicted molar refractivity (Wildman–Crippen MR) is 116 cm³/mol. The second kappa shape index (κ2) is 12.6. The molecule has 2 N–H and O–H groups in total. The molecule has 1 aliphatic rings. The van der Waals surface area contributed by atoms with Crippen LogP contribution in [0.4, 0.5) is 0 Å². The summed E-state index contributed by atoms with van der Waals surface area (Å²) in [6.07, 6.45) is 7.22. The molecule has 0 aromatic rings. The highest BCUT2D eigenvalue weighted by Crippen LogP contribution is 2.27. The van der Waals surface area contributed by atoms with Crippen LogP contribution in [-0.2, 0) is 0 Å². The van der Waals surface area contributed by atoms with Gasteiger partial charge in [-0.05, 0) is 59.6 Å². The van der Waals surface area contributed by atoms with E-state index < -0.39 is 0 Å². The van der Waals surface area contributed by atoms with Crippen molar-refractivity contribution in [2.24, 2.45) is 4.99 Å². The van der Waals surface area contributed by atoms with Gasteiger partial charge in [0, 0.05) is 43.5 Å². The van der Waals surface area contributed by atoms with Crippen LogP contribution in [0.5, 0.6) is 0 Å². The van der Waals surface area contributed by atoms with Gasteiger partial charge >= 0.3 is 0 Å². The second-order valence-corrected chi connectivity index (χ2v) is 7.93. The average molecular weight is 456 g/mol. The van der Waals surface area contributed by atoms with Gasteiger partial charge in [-0.3, -0.25) is 9.89 Å². The van der Waals surface area contributed by atoms with Crippen molar-refractivity contribution in [1.82, 2.24) is 15.5 Å². The monoisotopic (exact) mass is 456 g/mol. The van der Waals surface area contributed by atoms with Gasteiger partial charge in [0.15, 0.2) is 5.96 Å². The summed E-state index contributed by atoms with van der Waals surface area (Å²) in [5.41, 5.74) is 0. The highest BCUT2D eigenvalue weighted by molar-refractivity contribution is 14.0. The first-order valence-electron chi connectivity index (χ1n) is 8.73. The van der Waals surface area contributed by atoms with Crippen LogP contribution in [0.15, 0.2) is 4.99 Å². The molecule has 0 aromatic heterocycles. The van der Waals surface area contributed by atoms with Crippen molar-refractivity contribution in [3.05, 3.63) is 0 Å². The number of hydrogen-bond acceptors (Lipinski definition) is 3. The number of nitrogens with one attached hydrogen (secondary N) is 2. The fourth-order valence-corrected chi connectivity index (χ4v) is 4.05. The molecule has 1 rings (SSSR count). The van der Waals surface area contributed by atoms with Crippen LogP contribution in [0.3, 0.4) is 0 Å². The summed E-state index contributed by atoms with van der Waals surface area (Å²) in [7, 11) is 1.87. The molecule has 0 amide bonds. The molecular weight excluding hydrogens is 419 g/mol. The zero-order valence-electron chi connectivity index (χ0n) is 15.8. The van der Waals surface area contributed by atoms with Crippen LogP contribution >= 0.6 is 35.7 Å². The molecule has 138 valence electrons. The number of nitrogens with zero attached hydrogens (tertiary/aromatic N) is 2. The van der Waals surface area contributed by atoms with Gasteiger partial charge in [0.25, 0.3) is 0 Å². The third kappa shape index (κ3) is 8.82. The van der Waals surface area contributed by atoms with Gasteiger partial charge in [-0.15, -0.1) is 24.0 Å². The van der Waals surface area contributed by atoms with Crippen LogP contribution in [0.25, 0.3) is 0 Å². The van der Waals surface area contributed by atoms with E-state index in [4.69, 9.17) is 0 Å². The lowest BCUT2D eigenvalue weighted by molar-refractivity contribution is 0.173. The van der Waals surface area contributed by atoms with Crippen molar-refractivity contribution in [2.45, 2.75) is 76.8 Å². The van der Waals surface area contributed by atoms with E-state index in [0.717, 1.165) is 30.7 Å². The standard InChI is InChI=1S/C17H36N4S.HI/c1-13(2)21(14(3)4)11-7-10-19-17(18-5)20-15-8-9-16(12-15)22-6;/h13-16H,7-12H2,1-6H3,(H2,18,19,20);1H. The first-order valence-corrected chi connectivity index (χ1v) is 10.0. The van der Waals surface area contributed by atoms with E-state index in [0.29, 0.717) is 18.1 Å². The summed E-state index contributed by atoms with van der Waals surface area (Å²) in [5.74, 6) is 0.965. The molecule has 0 aromatic carbocycles. The number of halogens is 1. The van der Waals surface area contributed by atoms with Crippen LogP contribution in [0.2, 0.25) is 0 Å². The SMILES string of the molecule is CN=C(NCCCN(C(C)C)C(C)C)NC1CCC(SC)C1.I. The lowest BCUT2D eigenvalue weighted by Crippen LogP contribution is -2.44. The van der Waals surface area contributed by atoms with Crippen molar-refractivity contribution in [3.8, 4) is 0 Å². The van der Waals surface area contributed by atoms with Crippen LogP contribution < -0.4 is 10.6 Å². The Bertz CT molecular complexity index is 329. The molecule has 0 spiro atoms. The van der Waals surface area contributed by atoms with Crippen molar-refractivity contribution < 1.29 is 0 Å². The maximum atomic E-state index is 4.36. The smallest absolute Gasteiger partial charge is 0.191 e. The molecule has 0 heterocycles. The molecule has 0 bridgehead atoms. The summed E-state index contributed by atoms with van der Waals surface area (Å²) >= 11 is 2.00. The van der Waals surface area contributed by atoms with E-state index in [9.17, 15) is 0 Å². The lowest BCUT2D eigenvalue weighted by Gasteiger charge is -2.30. The summed E-state index contributed by atoms with van der Waals surface area (Å²) < 4.78 is 0. The van der Waals surface area contributed by atoms with Crippen LogP contribution in [0, 0.1) is 0 Å². The van der Waals surface area contributed by atoms with Gasteiger partial charge in [0.1, 0.15) is 0 Å². The van der Waals surface area contributed by atoms with Gasteiger partial charge in [-0.25, -0.2) is 0 Å². The Morgan fingerprint density at radius 3 is 2.35 bits per heavy atom. The molecule has 1 aliphatic carbocycles. The fraction of sp³-hybridized carbons (Fsp3) is 0.941. The van der Waals surface area contributed by atoms with Gasteiger partial charge in [0.05, 0.1) is 0 Å². The molecule has 2 atom stereocenters. The summed E-state index contributed by atoms with van der Waals surface area (Å²) in [6, 6.07) is 1.81. The van der Waals surface area contributed by atoms with E-state index in [1.165, 1.54) is 19.3 Å². The largest absolute Gasteiger partial charge is 0.356 e. The quantitative estimate of drug-likeness (QED) is 0.254. The lowest BCUT2D eigenvalue weighted by atomic mass is 10.2. The minimum atomic E-state index is 0. The molecule has 23 heavy (non-hydrogen) atoms. The zero-order chi connectivity index (χ0) is 16.5. The second-order valence-electron chi connectivity index (χ2n) is 6.79. The van der Waals surface area contributed by atoms with E-state index >= 15 is 0 Å². The van der Waals surface area contributed by atoms with Gasteiger partial charge < -0.3 is 10.6 Å². The van der Waals surface area contributed by atoms with Crippen molar-refractivity contribution in [2.75, 3.05) is 26.4 Å². The Balaban J connectivity index is 0.00000484. The molecule has 0 radical (unpaired) electrons. The van der Waals surface area contributed by atoms with E-state index in [2.05, 4.69) is 54.5 Å². The molecular formula is C17H37IN4S. The summed E-state index contributed by atoms with van der Waals surface area (Å²) in [6.45, 7) is 11.2. The third-order valence-electron chi connectivity index (χ3n) is 4.49. The minimum absolute atomic E-state index is 0. The maximum absolute atomic E-state index is 4.36. The minimum Gasteiger partial charge on any atom is -0.356 e. The van der Waals surface area contributed by atoms with E-state index in [-0.39, 0.29) is 24.0 Å². The van der Waals surface area contributed by atoms with E-state index in [1.807, 2.05) is 18.8 Å². The first kappa shape index (κ1) is 23.3. The Labute approximate surface area is 165 Å². The van der Waals surface area contributed by atoms with Gasteiger partial charge in [-0.2, -0.15) is 11.8 Å². The average Bonchev–Trinajstić information content (AvgIpc) is 2.92. The number of hydrogen-bond donors (Lipinski definition) is 2. The number of guanidine groups is 1. The Hall–Kier alpha value is 0.310. The van der Waals surface area contributed by atoms with Crippen molar-refractivity contribution in [1.29, 1.82) is 0 Å². The maximum Gasteiger partial charge on any atom is 0.191 e. The van der Waals surface area contributed by atoms with Crippen LogP contribution in [-0.4, -0.2) is 60.6 Å². The van der Waals surface area contributed by atoms with E-state index in [1.54, 1.807) is 0 Å². The fourth-order valence-electron chi connectivity index (χ4n) is 3.25. The number of thioether (sulfide) groups is 1. The first-order chi connectivity index (χ1) is 10.5. The molecule has 0 aliphatic heterocycles.